The van der Waals surface area contributed by atoms with E-state index in [1.807, 2.05) is 6.92 Å². The van der Waals surface area contributed by atoms with Crippen molar-refractivity contribution in [3.63, 3.8) is 0 Å². The quantitative estimate of drug-likeness (QED) is 0.705. The average Bonchev–Trinajstić information content (AvgIpc) is 2.57. The molecule has 2 rings (SSSR count). The lowest BCUT2D eigenvalue weighted by molar-refractivity contribution is 0.573. The van der Waals surface area contributed by atoms with E-state index in [4.69, 9.17) is 10.2 Å². The summed E-state index contributed by atoms with van der Waals surface area (Å²) in [5.41, 5.74) is 6.97. The van der Waals surface area contributed by atoms with Gasteiger partial charge in [0.2, 0.25) is 5.89 Å². The van der Waals surface area contributed by atoms with Crippen molar-refractivity contribution < 1.29 is 8.81 Å². The van der Waals surface area contributed by atoms with Crippen LogP contribution in [0.2, 0.25) is 0 Å². The number of nitrogen functional groups attached to an aromatic ring is 1. The molecule has 0 amide bonds. The number of hydrogen-bond donors (Lipinski definition) is 1. The van der Waals surface area contributed by atoms with E-state index < -0.39 is 5.82 Å². The smallest absolute Gasteiger partial charge is 0.226 e. The number of halogens is 1. The molecule has 0 saturated heterocycles. The number of hydrogen-bond acceptors (Lipinski definition) is 3. The molecule has 1 heterocycles. The van der Waals surface area contributed by atoms with Crippen LogP contribution in [-0.4, -0.2) is 4.98 Å². The van der Waals surface area contributed by atoms with Crippen molar-refractivity contribution in [2.45, 2.75) is 6.92 Å². The molecule has 72 valence electrons. The minimum Gasteiger partial charge on any atom is -0.444 e. The summed E-state index contributed by atoms with van der Waals surface area (Å²) in [5.74, 6) is 0.0197. The van der Waals surface area contributed by atoms with Gasteiger partial charge in [-0.15, -0.1) is 0 Å². The second-order valence-electron chi connectivity index (χ2n) is 3.03. The minimum atomic E-state index is -0.433. The fraction of sp³-hybridized carbons (Fsp3) is 0.100. The van der Waals surface area contributed by atoms with Gasteiger partial charge in [-0.2, -0.15) is 0 Å². The molecular formula is C10H9FN2O. The molecule has 0 atom stereocenters. The number of rotatable bonds is 1. The maximum Gasteiger partial charge on any atom is 0.226 e. The number of anilines is 1. The van der Waals surface area contributed by atoms with Crippen LogP contribution < -0.4 is 5.73 Å². The van der Waals surface area contributed by atoms with Gasteiger partial charge in [-0.25, -0.2) is 9.37 Å². The summed E-state index contributed by atoms with van der Waals surface area (Å²) in [4.78, 5) is 4.11. The van der Waals surface area contributed by atoms with Crippen LogP contribution in [0, 0.1) is 12.7 Å². The topological polar surface area (TPSA) is 52.0 Å². The Labute approximate surface area is 80.4 Å². The second-order valence-corrected chi connectivity index (χ2v) is 3.03. The van der Waals surface area contributed by atoms with Crippen LogP contribution >= 0.6 is 0 Å². The highest BCUT2D eigenvalue weighted by Crippen LogP contribution is 2.22. The van der Waals surface area contributed by atoms with Crippen molar-refractivity contribution in [2.24, 2.45) is 0 Å². The standard InChI is InChI=1S/C10H9FN2O/c1-6-5-14-10(13-6)7-2-3-8(11)9(12)4-7/h2-5H,12H2,1H3. The van der Waals surface area contributed by atoms with Crippen LogP contribution in [0.15, 0.2) is 28.9 Å². The molecule has 2 aromatic rings. The lowest BCUT2D eigenvalue weighted by Gasteiger charge is -1.98. The van der Waals surface area contributed by atoms with E-state index in [2.05, 4.69) is 4.98 Å². The number of oxazole rings is 1. The van der Waals surface area contributed by atoms with E-state index in [-0.39, 0.29) is 5.69 Å². The Morgan fingerprint density at radius 2 is 2.21 bits per heavy atom. The number of nitrogens with zero attached hydrogens (tertiary/aromatic N) is 1. The van der Waals surface area contributed by atoms with Crippen molar-refractivity contribution in [3.05, 3.63) is 36.0 Å². The Hall–Kier alpha value is -1.84. The first kappa shape index (κ1) is 8.74. The maximum absolute atomic E-state index is 12.8. The first-order chi connectivity index (χ1) is 6.66. The monoisotopic (exact) mass is 192 g/mol. The highest BCUT2D eigenvalue weighted by Gasteiger charge is 2.06. The molecule has 0 aliphatic heterocycles. The summed E-state index contributed by atoms with van der Waals surface area (Å²) in [7, 11) is 0. The molecule has 4 heteroatoms. The van der Waals surface area contributed by atoms with E-state index in [1.165, 1.54) is 18.4 Å². The summed E-state index contributed by atoms with van der Waals surface area (Å²) in [6.45, 7) is 1.82. The van der Waals surface area contributed by atoms with Crippen LogP contribution in [-0.2, 0) is 0 Å². The molecule has 0 spiro atoms. The Balaban J connectivity index is 2.47. The molecular weight excluding hydrogens is 183 g/mol. The van der Waals surface area contributed by atoms with Crippen molar-refractivity contribution in [1.29, 1.82) is 0 Å². The predicted molar refractivity (Wildman–Crippen MR) is 51.0 cm³/mol. The number of aryl methyl sites for hydroxylation is 1. The summed E-state index contributed by atoms with van der Waals surface area (Å²) in [6.07, 6.45) is 1.54. The van der Waals surface area contributed by atoms with E-state index in [9.17, 15) is 4.39 Å². The van der Waals surface area contributed by atoms with Crippen LogP contribution in [0.4, 0.5) is 10.1 Å². The zero-order chi connectivity index (χ0) is 10.1. The van der Waals surface area contributed by atoms with Gasteiger partial charge in [0.25, 0.3) is 0 Å². The van der Waals surface area contributed by atoms with Gasteiger partial charge in [-0.3, -0.25) is 0 Å². The van der Waals surface area contributed by atoms with Gasteiger partial charge in [0.15, 0.2) is 0 Å². The van der Waals surface area contributed by atoms with Crippen molar-refractivity contribution >= 4 is 5.69 Å². The number of benzene rings is 1. The summed E-state index contributed by atoms with van der Waals surface area (Å²) < 4.78 is 18.0. The van der Waals surface area contributed by atoms with E-state index in [1.54, 1.807) is 6.07 Å². The van der Waals surface area contributed by atoms with Crippen molar-refractivity contribution in [2.75, 3.05) is 5.73 Å². The third kappa shape index (κ3) is 1.46. The SMILES string of the molecule is Cc1coc(-c2ccc(F)c(N)c2)n1. The Bertz CT molecular complexity index is 465. The average molecular weight is 192 g/mol. The molecule has 0 unspecified atom stereocenters. The Morgan fingerprint density at radius 3 is 2.79 bits per heavy atom. The van der Waals surface area contributed by atoms with Crippen LogP contribution in [0.5, 0.6) is 0 Å². The highest BCUT2D eigenvalue weighted by atomic mass is 19.1. The highest BCUT2D eigenvalue weighted by molar-refractivity contribution is 5.60. The molecule has 3 nitrogen and oxygen atoms in total. The van der Waals surface area contributed by atoms with Gasteiger partial charge in [-0.1, -0.05) is 0 Å². The predicted octanol–water partition coefficient (Wildman–Crippen LogP) is 2.37. The molecule has 0 fully saturated rings. The second kappa shape index (κ2) is 3.14. The third-order valence-electron chi connectivity index (χ3n) is 1.86. The maximum atomic E-state index is 12.8. The van der Waals surface area contributed by atoms with Gasteiger partial charge in [-0.05, 0) is 25.1 Å². The van der Waals surface area contributed by atoms with Crippen molar-refractivity contribution in [3.8, 4) is 11.5 Å². The first-order valence-corrected chi connectivity index (χ1v) is 4.14. The molecule has 2 N–H and O–H groups in total. The van der Waals surface area contributed by atoms with Crippen molar-refractivity contribution in [1.82, 2.24) is 4.98 Å². The van der Waals surface area contributed by atoms with Gasteiger partial charge in [0.1, 0.15) is 12.1 Å². The lowest BCUT2D eigenvalue weighted by Crippen LogP contribution is -1.90. The molecule has 0 aliphatic carbocycles. The summed E-state index contributed by atoms with van der Waals surface area (Å²) in [6, 6.07) is 4.38. The van der Waals surface area contributed by atoms with E-state index >= 15 is 0 Å². The Morgan fingerprint density at radius 1 is 1.43 bits per heavy atom. The zero-order valence-corrected chi connectivity index (χ0v) is 7.62. The Kier molecular flexibility index (Phi) is 1.96. The zero-order valence-electron chi connectivity index (χ0n) is 7.62. The van der Waals surface area contributed by atoms with Gasteiger partial charge >= 0.3 is 0 Å². The fourth-order valence-electron chi connectivity index (χ4n) is 1.16. The summed E-state index contributed by atoms with van der Waals surface area (Å²) >= 11 is 0. The lowest BCUT2D eigenvalue weighted by atomic mass is 10.2. The van der Waals surface area contributed by atoms with Crippen LogP contribution in [0.3, 0.4) is 0 Å². The third-order valence-corrected chi connectivity index (χ3v) is 1.86. The van der Waals surface area contributed by atoms with Gasteiger partial charge < -0.3 is 10.2 Å². The summed E-state index contributed by atoms with van der Waals surface area (Å²) in [5, 5.41) is 0. The van der Waals surface area contributed by atoms with E-state index in [0.717, 1.165) is 5.69 Å². The molecule has 14 heavy (non-hydrogen) atoms. The first-order valence-electron chi connectivity index (χ1n) is 4.14. The largest absolute Gasteiger partial charge is 0.444 e. The van der Waals surface area contributed by atoms with Gasteiger partial charge in [0, 0.05) is 5.56 Å². The van der Waals surface area contributed by atoms with Gasteiger partial charge in [0.05, 0.1) is 11.4 Å². The molecule has 0 radical (unpaired) electrons. The number of aromatic nitrogens is 1. The minimum absolute atomic E-state index is 0.0957. The van der Waals surface area contributed by atoms with E-state index in [0.29, 0.717) is 11.5 Å². The molecule has 1 aromatic heterocycles. The molecule has 0 saturated carbocycles. The molecule has 0 bridgehead atoms. The fourth-order valence-corrected chi connectivity index (χ4v) is 1.16. The molecule has 1 aromatic carbocycles. The number of nitrogens with two attached hydrogens (primary N) is 1. The normalized spacial score (nSPS) is 10.4. The van der Waals surface area contributed by atoms with Crippen LogP contribution in [0.25, 0.3) is 11.5 Å². The van der Waals surface area contributed by atoms with Crippen LogP contribution in [0.1, 0.15) is 5.69 Å². The molecule has 0 aliphatic rings.